The molecule has 80 valence electrons. The van der Waals surface area contributed by atoms with Crippen molar-refractivity contribution in [2.75, 3.05) is 5.73 Å². The molecule has 0 unspecified atom stereocenters. The molecule has 0 amide bonds. The predicted octanol–water partition coefficient (Wildman–Crippen LogP) is 0.637. The number of carbonyl (C=O) groups excluding carboxylic acids is 1. The number of hydrogen-bond acceptors (Lipinski definition) is 6. The van der Waals surface area contributed by atoms with E-state index in [9.17, 15) is 4.79 Å². The molecule has 2 heterocycles. The molecule has 2 aromatic heterocycles. The van der Waals surface area contributed by atoms with E-state index >= 15 is 0 Å². The lowest BCUT2D eigenvalue weighted by molar-refractivity contribution is 0.111. The minimum absolute atomic E-state index is 0.117. The first-order chi connectivity index (χ1) is 7.70. The van der Waals surface area contributed by atoms with Gasteiger partial charge in [-0.3, -0.25) is 4.79 Å². The normalized spacial score (nSPS) is 10.1. The molecule has 6 heteroatoms. The van der Waals surface area contributed by atoms with Crippen LogP contribution in [0.1, 0.15) is 16.3 Å². The van der Waals surface area contributed by atoms with E-state index in [4.69, 9.17) is 5.73 Å². The minimum atomic E-state index is 0.117. The predicted molar refractivity (Wildman–Crippen MR) is 57.6 cm³/mol. The van der Waals surface area contributed by atoms with Gasteiger partial charge in [-0.2, -0.15) is 0 Å². The number of nitrogen functional groups attached to an aromatic ring is 1. The lowest BCUT2D eigenvalue weighted by Crippen LogP contribution is -2.01. The van der Waals surface area contributed by atoms with E-state index in [0.29, 0.717) is 23.4 Å². The molecule has 16 heavy (non-hydrogen) atoms. The molecule has 6 nitrogen and oxygen atoms in total. The Bertz CT molecular complexity index is 523. The molecule has 0 bridgehead atoms. The third kappa shape index (κ3) is 1.85. The summed E-state index contributed by atoms with van der Waals surface area (Å²) in [6.07, 6.45) is 5.30. The third-order valence-electron chi connectivity index (χ3n) is 2.02. The average molecular weight is 215 g/mol. The van der Waals surface area contributed by atoms with Crippen LogP contribution in [0, 0.1) is 6.92 Å². The maximum atomic E-state index is 10.7. The van der Waals surface area contributed by atoms with Crippen LogP contribution in [-0.2, 0) is 0 Å². The van der Waals surface area contributed by atoms with Crippen LogP contribution in [0.2, 0.25) is 0 Å². The lowest BCUT2D eigenvalue weighted by atomic mass is 10.2. The smallest absolute Gasteiger partial charge is 0.172 e. The van der Waals surface area contributed by atoms with Crippen molar-refractivity contribution in [2.45, 2.75) is 6.92 Å². The Hall–Kier alpha value is -2.37. The fraction of sp³-hybridized carbons (Fsp3) is 0.100. The monoisotopic (exact) mass is 215 g/mol. The summed E-state index contributed by atoms with van der Waals surface area (Å²) in [7, 11) is 0. The molecule has 0 radical (unpaired) electrons. The topological polar surface area (TPSA) is 94.7 Å². The van der Waals surface area contributed by atoms with Crippen LogP contribution in [0.3, 0.4) is 0 Å². The van der Waals surface area contributed by atoms with E-state index < -0.39 is 0 Å². The van der Waals surface area contributed by atoms with Gasteiger partial charge in [-0.25, -0.2) is 19.9 Å². The number of aldehydes is 1. The molecule has 0 saturated heterocycles. The largest absolute Gasteiger partial charge is 0.382 e. The number of hydrogen-bond donors (Lipinski definition) is 1. The van der Waals surface area contributed by atoms with Gasteiger partial charge in [-0.05, 0) is 6.92 Å². The van der Waals surface area contributed by atoms with E-state index in [1.165, 1.54) is 6.20 Å². The van der Waals surface area contributed by atoms with E-state index in [0.717, 1.165) is 0 Å². The van der Waals surface area contributed by atoms with Gasteiger partial charge < -0.3 is 5.73 Å². The van der Waals surface area contributed by atoms with Gasteiger partial charge >= 0.3 is 0 Å². The third-order valence-corrected chi connectivity index (χ3v) is 2.02. The van der Waals surface area contributed by atoms with Crippen LogP contribution in [-0.4, -0.2) is 26.2 Å². The number of nitrogens with two attached hydrogens (primary N) is 1. The number of aryl methyl sites for hydroxylation is 1. The second-order valence-electron chi connectivity index (χ2n) is 3.16. The van der Waals surface area contributed by atoms with Gasteiger partial charge in [0.05, 0.1) is 11.9 Å². The molecular formula is C10H9N5O. The standard InChI is InChI=1S/C10H9N5O/c1-6-12-2-7(3-13-6)8-4-14-10(11)9(5-16)15-8/h2-5H,1H3,(H2,11,14). The minimum Gasteiger partial charge on any atom is -0.382 e. The summed E-state index contributed by atoms with van der Waals surface area (Å²) < 4.78 is 0. The fourth-order valence-corrected chi connectivity index (χ4v) is 1.16. The molecule has 0 aliphatic carbocycles. The quantitative estimate of drug-likeness (QED) is 0.738. The summed E-state index contributed by atoms with van der Waals surface area (Å²) in [6, 6.07) is 0. The van der Waals surface area contributed by atoms with Gasteiger partial charge in [0.25, 0.3) is 0 Å². The molecule has 0 atom stereocenters. The molecule has 2 rings (SSSR count). The summed E-state index contributed by atoms with van der Waals surface area (Å²) in [5.74, 6) is 0.787. The second kappa shape index (κ2) is 4.01. The lowest BCUT2D eigenvalue weighted by Gasteiger charge is -2.02. The summed E-state index contributed by atoms with van der Waals surface area (Å²) in [5.41, 5.74) is 6.81. The molecule has 0 aliphatic rings. The van der Waals surface area contributed by atoms with Gasteiger partial charge in [0.1, 0.15) is 11.5 Å². The summed E-state index contributed by atoms with van der Waals surface area (Å²) >= 11 is 0. The number of nitrogens with zero attached hydrogens (tertiary/aromatic N) is 4. The molecule has 2 aromatic rings. The molecule has 2 N–H and O–H groups in total. The van der Waals surface area contributed by atoms with Crippen molar-refractivity contribution in [3.05, 3.63) is 30.1 Å². The highest BCUT2D eigenvalue weighted by molar-refractivity contribution is 5.79. The zero-order chi connectivity index (χ0) is 11.5. The van der Waals surface area contributed by atoms with E-state index in [1.54, 1.807) is 19.3 Å². The molecule has 0 aliphatic heterocycles. The number of aromatic nitrogens is 4. The SMILES string of the molecule is Cc1ncc(-c2cnc(N)c(C=O)n2)cn1. The summed E-state index contributed by atoms with van der Waals surface area (Å²) in [5, 5.41) is 0. The molecule has 0 fully saturated rings. The number of anilines is 1. The summed E-state index contributed by atoms with van der Waals surface area (Å²) in [4.78, 5) is 26.7. The Morgan fingerprint density at radius 3 is 2.50 bits per heavy atom. The van der Waals surface area contributed by atoms with Gasteiger partial charge in [-0.1, -0.05) is 0 Å². The van der Waals surface area contributed by atoms with E-state index in [1.807, 2.05) is 0 Å². The van der Waals surface area contributed by atoms with Gasteiger partial charge in [-0.15, -0.1) is 0 Å². The molecular weight excluding hydrogens is 206 g/mol. The highest BCUT2D eigenvalue weighted by Crippen LogP contribution is 2.15. The van der Waals surface area contributed by atoms with Crippen LogP contribution in [0.5, 0.6) is 0 Å². The summed E-state index contributed by atoms with van der Waals surface area (Å²) in [6.45, 7) is 1.79. The van der Waals surface area contributed by atoms with Crippen LogP contribution in [0.25, 0.3) is 11.3 Å². The fourth-order valence-electron chi connectivity index (χ4n) is 1.16. The Morgan fingerprint density at radius 2 is 1.88 bits per heavy atom. The first-order valence-electron chi connectivity index (χ1n) is 4.57. The van der Waals surface area contributed by atoms with Crippen LogP contribution in [0.4, 0.5) is 5.82 Å². The van der Waals surface area contributed by atoms with Gasteiger partial charge in [0.2, 0.25) is 0 Å². The van der Waals surface area contributed by atoms with Crippen molar-refractivity contribution in [1.82, 2.24) is 19.9 Å². The van der Waals surface area contributed by atoms with Crippen molar-refractivity contribution >= 4 is 12.1 Å². The first-order valence-corrected chi connectivity index (χ1v) is 4.57. The Kier molecular flexibility index (Phi) is 2.55. The van der Waals surface area contributed by atoms with Crippen LogP contribution >= 0.6 is 0 Å². The maximum Gasteiger partial charge on any atom is 0.172 e. The van der Waals surface area contributed by atoms with Gasteiger partial charge in [0, 0.05) is 18.0 Å². The van der Waals surface area contributed by atoms with E-state index in [-0.39, 0.29) is 11.5 Å². The van der Waals surface area contributed by atoms with Crippen molar-refractivity contribution in [2.24, 2.45) is 0 Å². The maximum absolute atomic E-state index is 10.7. The highest BCUT2D eigenvalue weighted by Gasteiger charge is 2.06. The zero-order valence-electron chi connectivity index (χ0n) is 8.58. The number of rotatable bonds is 2. The highest BCUT2D eigenvalue weighted by atomic mass is 16.1. The Morgan fingerprint density at radius 1 is 1.19 bits per heavy atom. The second-order valence-corrected chi connectivity index (χ2v) is 3.16. The molecule has 0 aromatic carbocycles. The first kappa shape index (κ1) is 10.2. The van der Waals surface area contributed by atoms with Crippen molar-refractivity contribution in [1.29, 1.82) is 0 Å². The van der Waals surface area contributed by atoms with E-state index in [2.05, 4.69) is 19.9 Å². The Balaban J connectivity index is 2.48. The van der Waals surface area contributed by atoms with Gasteiger partial charge in [0.15, 0.2) is 12.1 Å². The Labute approximate surface area is 91.6 Å². The molecule has 0 spiro atoms. The number of carbonyl (C=O) groups is 1. The zero-order valence-corrected chi connectivity index (χ0v) is 8.58. The van der Waals surface area contributed by atoms with Crippen molar-refractivity contribution in [3.63, 3.8) is 0 Å². The van der Waals surface area contributed by atoms with Crippen molar-refractivity contribution in [3.8, 4) is 11.3 Å². The van der Waals surface area contributed by atoms with Crippen molar-refractivity contribution < 1.29 is 4.79 Å². The van der Waals surface area contributed by atoms with Crippen LogP contribution in [0.15, 0.2) is 18.6 Å². The average Bonchev–Trinajstić information content (AvgIpc) is 2.31. The molecule has 0 saturated carbocycles. The van der Waals surface area contributed by atoms with Crippen LogP contribution < -0.4 is 5.73 Å².